The molecule has 2 saturated heterocycles. The van der Waals surface area contributed by atoms with Gasteiger partial charge >= 0.3 is 6.03 Å². The van der Waals surface area contributed by atoms with Crippen molar-refractivity contribution in [2.75, 3.05) is 71.9 Å². The van der Waals surface area contributed by atoms with E-state index in [4.69, 9.17) is 0 Å². The number of benzene rings is 1. The zero-order chi connectivity index (χ0) is 24.5. The Bertz CT molecular complexity index is 1200. The smallest absolute Gasteiger partial charge is 0.319 e. The molecule has 0 bridgehead atoms. The van der Waals surface area contributed by atoms with E-state index in [1.807, 2.05) is 57.8 Å². The van der Waals surface area contributed by atoms with Gasteiger partial charge in [0.25, 0.3) is 5.91 Å². The molecule has 10 nitrogen and oxygen atoms in total. The molecule has 2 fully saturated rings. The van der Waals surface area contributed by atoms with Gasteiger partial charge in [-0.25, -0.2) is 4.79 Å². The van der Waals surface area contributed by atoms with E-state index >= 15 is 0 Å². The van der Waals surface area contributed by atoms with Gasteiger partial charge in [-0.3, -0.25) is 14.1 Å². The summed E-state index contributed by atoms with van der Waals surface area (Å²) in [6.07, 6.45) is 1.84. The Labute approximate surface area is 205 Å². The van der Waals surface area contributed by atoms with E-state index in [2.05, 4.69) is 32.1 Å². The van der Waals surface area contributed by atoms with Crippen molar-refractivity contribution >= 4 is 23.3 Å². The molecule has 1 atom stereocenters. The summed E-state index contributed by atoms with van der Waals surface area (Å²) in [5.74, 6) is 0.753. The van der Waals surface area contributed by atoms with Crippen LogP contribution >= 0.6 is 0 Å². The van der Waals surface area contributed by atoms with Crippen LogP contribution in [0.25, 0.3) is 5.65 Å². The molecule has 0 spiro atoms. The van der Waals surface area contributed by atoms with E-state index in [-0.39, 0.29) is 18.0 Å². The lowest BCUT2D eigenvalue weighted by Crippen LogP contribution is -2.52. The number of anilines is 1. The van der Waals surface area contributed by atoms with Gasteiger partial charge in [-0.1, -0.05) is 18.2 Å². The highest BCUT2D eigenvalue weighted by atomic mass is 16.2. The SMILES string of the molecule is CN(C)C(=O)N1CCN(C)C(c2nnc3ccc(C(=O)N4CCN(c5ccccc5)CC4)cn23)C1. The molecular weight excluding hydrogens is 444 g/mol. The third kappa shape index (κ3) is 4.53. The number of hydrogen-bond acceptors (Lipinski definition) is 6. The monoisotopic (exact) mass is 476 g/mol. The van der Waals surface area contributed by atoms with Crippen molar-refractivity contribution in [3.63, 3.8) is 0 Å². The van der Waals surface area contributed by atoms with Crippen LogP contribution in [0.15, 0.2) is 48.7 Å². The Morgan fingerprint density at radius 1 is 0.886 bits per heavy atom. The normalized spacial score (nSPS) is 19.3. The van der Waals surface area contributed by atoms with Crippen molar-refractivity contribution in [2.45, 2.75) is 6.04 Å². The molecule has 0 N–H and O–H groups in total. The maximum Gasteiger partial charge on any atom is 0.319 e. The van der Waals surface area contributed by atoms with Crippen LogP contribution in [0.2, 0.25) is 0 Å². The number of rotatable bonds is 3. The van der Waals surface area contributed by atoms with E-state index in [1.54, 1.807) is 19.0 Å². The largest absolute Gasteiger partial charge is 0.368 e. The van der Waals surface area contributed by atoms with Crippen LogP contribution < -0.4 is 4.90 Å². The molecule has 2 aliphatic heterocycles. The van der Waals surface area contributed by atoms with Crippen molar-refractivity contribution in [3.05, 3.63) is 60.0 Å². The molecule has 184 valence electrons. The highest BCUT2D eigenvalue weighted by Crippen LogP contribution is 2.25. The molecule has 0 radical (unpaired) electrons. The van der Waals surface area contributed by atoms with Crippen molar-refractivity contribution < 1.29 is 9.59 Å². The molecular formula is C25H32N8O2. The molecule has 2 aliphatic rings. The number of para-hydroxylation sites is 1. The summed E-state index contributed by atoms with van der Waals surface area (Å²) in [4.78, 5) is 35.8. The van der Waals surface area contributed by atoms with Crippen LogP contribution in [0.5, 0.6) is 0 Å². The number of urea groups is 1. The molecule has 0 saturated carbocycles. The van der Waals surface area contributed by atoms with Crippen LogP contribution in [0.3, 0.4) is 0 Å². The maximum atomic E-state index is 13.4. The number of nitrogens with zero attached hydrogens (tertiary/aromatic N) is 8. The second-order valence-electron chi connectivity index (χ2n) is 9.44. The summed E-state index contributed by atoms with van der Waals surface area (Å²) in [7, 11) is 5.56. The molecule has 4 heterocycles. The van der Waals surface area contributed by atoms with Crippen molar-refractivity contribution in [1.82, 2.24) is 34.2 Å². The molecule has 2 aromatic heterocycles. The average molecular weight is 477 g/mol. The zero-order valence-corrected chi connectivity index (χ0v) is 20.5. The van der Waals surface area contributed by atoms with Crippen molar-refractivity contribution in [1.29, 1.82) is 0 Å². The van der Waals surface area contributed by atoms with Gasteiger partial charge in [0.2, 0.25) is 0 Å². The van der Waals surface area contributed by atoms with Gasteiger partial charge in [0.05, 0.1) is 11.6 Å². The fourth-order valence-electron chi connectivity index (χ4n) is 4.86. The minimum atomic E-state index is -0.109. The summed E-state index contributed by atoms with van der Waals surface area (Å²) in [5, 5.41) is 8.78. The minimum absolute atomic E-state index is 0.0116. The Hall–Kier alpha value is -3.66. The van der Waals surface area contributed by atoms with E-state index in [9.17, 15) is 9.59 Å². The topological polar surface area (TPSA) is 80.5 Å². The quantitative estimate of drug-likeness (QED) is 0.572. The number of aromatic nitrogens is 3. The molecule has 1 unspecified atom stereocenters. The number of amides is 3. The molecule has 10 heteroatoms. The number of pyridine rings is 1. The first kappa shape index (κ1) is 23.1. The lowest BCUT2D eigenvalue weighted by Gasteiger charge is -2.39. The number of carbonyl (C=O) groups is 2. The maximum absolute atomic E-state index is 13.4. The van der Waals surface area contributed by atoms with Gasteiger partial charge in [0, 0.05) is 71.8 Å². The predicted octanol–water partition coefficient (Wildman–Crippen LogP) is 1.66. The first-order chi connectivity index (χ1) is 16.9. The van der Waals surface area contributed by atoms with Crippen molar-refractivity contribution in [2.24, 2.45) is 0 Å². The van der Waals surface area contributed by atoms with Crippen LogP contribution in [-0.4, -0.2) is 113 Å². The summed E-state index contributed by atoms with van der Waals surface area (Å²) in [5.41, 5.74) is 2.50. The molecule has 1 aromatic carbocycles. The molecule has 0 aliphatic carbocycles. The summed E-state index contributed by atoms with van der Waals surface area (Å²) >= 11 is 0. The Morgan fingerprint density at radius 2 is 1.60 bits per heavy atom. The van der Waals surface area contributed by atoms with Gasteiger partial charge in [-0.05, 0) is 31.3 Å². The van der Waals surface area contributed by atoms with E-state index in [0.717, 1.165) is 25.5 Å². The van der Waals surface area contributed by atoms with Crippen LogP contribution in [0, 0.1) is 0 Å². The van der Waals surface area contributed by atoms with Crippen LogP contribution in [0.1, 0.15) is 22.2 Å². The molecule has 5 rings (SSSR count). The third-order valence-electron chi connectivity index (χ3n) is 6.96. The minimum Gasteiger partial charge on any atom is -0.368 e. The molecule has 3 aromatic rings. The van der Waals surface area contributed by atoms with Gasteiger partial charge in [0.15, 0.2) is 11.5 Å². The summed E-state index contributed by atoms with van der Waals surface area (Å²) < 4.78 is 1.90. The van der Waals surface area contributed by atoms with Crippen LogP contribution in [-0.2, 0) is 0 Å². The van der Waals surface area contributed by atoms with Gasteiger partial charge in [-0.2, -0.15) is 0 Å². The highest BCUT2D eigenvalue weighted by Gasteiger charge is 2.32. The third-order valence-corrected chi connectivity index (χ3v) is 6.96. The van der Waals surface area contributed by atoms with E-state index in [0.29, 0.717) is 37.4 Å². The van der Waals surface area contributed by atoms with E-state index < -0.39 is 0 Å². The van der Waals surface area contributed by atoms with Gasteiger partial charge < -0.3 is 19.6 Å². The zero-order valence-electron chi connectivity index (χ0n) is 20.5. The van der Waals surface area contributed by atoms with Crippen molar-refractivity contribution in [3.8, 4) is 0 Å². The fraction of sp³-hybridized carbons (Fsp3) is 0.440. The summed E-state index contributed by atoms with van der Waals surface area (Å²) in [6, 6.07) is 13.9. The van der Waals surface area contributed by atoms with E-state index in [1.165, 1.54) is 5.69 Å². The average Bonchev–Trinajstić information content (AvgIpc) is 3.32. The Morgan fingerprint density at radius 3 is 2.31 bits per heavy atom. The second-order valence-corrected chi connectivity index (χ2v) is 9.44. The number of fused-ring (bicyclic) bond motifs is 1. The number of hydrogen-bond donors (Lipinski definition) is 0. The lowest BCUT2D eigenvalue weighted by molar-refractivity contribution is 0.0746. The predicted molar refractivity (Wildman–Crippen MR) is 134 cm³/mol. The lowest BCUT2D eigenvalue weighted by atomic mass is 10.1. The van der Waals surface area contributed by atoms with Gasteiger partial charge in [0.1, 0.15) is 0 Å². The Balaban J connectivity index is 1.34. The molecule has 35 heavy (non-hydrogen) atoms. The highest BCUT2D eigenvalue weighted by molar-refractivity contribution is 5.94. The number of carbonyl (C=O) groups excluding carboxylic acids is 2. The first-order valence-corrected chi connectivity index (χ1v) is 12.0. The van der Waals surface area contributed by atoms with Crippen LogP contribution in [0.4, 0.5) is 10.5 Å². The fourth-order valence-corrected chi connectivity index (χ4v) is 4.86. The Kier molecular flexibility index (Phi) is 6.29. The number of likely N-dealkylation sites (N-methyl/N-ethyl adjacent to an activating group) is 1. The number of piperazine rings is 2. The molecule has 3 amide bonds. The first-order valence-electron chi connectivity index (χ1n) is 12.0. The summed E-state index contributed by atoms with van der Waals surface area (Å²) in [6.45, 7) is 4.88. The van der Waals surface area contributed by atoms with Gasteiger partial charge in [-0.15, -0.1) is 10.2 Å². The second kappa shape index (κ2) is 9.53. The standard InChI is InChI=1S/C25H32N8O2/c1-28(2)25(35)32-12-11-29(3)21(18-32)23-27-26-22-10-9-19(17-33(22)23)24(34)31-15-13-30(14-16-31)20-7-5-4-6-8-20/h4-10,17,21H,11-16,18H2,1-3H3.